The Hall–Kier alpha value is -3.69. The summed E-state index contributed by atoms with van der Waals surface area (Å²) in [5.41, 5.74) is 2.99. The van der Waals surface area contributed by atoms with Gasteiger partial charge in [-0.05, 0) is 29.3 Å². The molecule has 0 saturated heterocycles. The van der Waals surface area contributed by atoms with Gasteiger partial charge in [0.2, 0.25) is 0 Å². The Bertz CT molecular complexity index is 1350. The summed E-state index contributed by atoms with van der Waals surface area (Å²) in [6.07, 6.45) is 3.62. The van der Waals surface area contributed by atoms with Crippen LogP contribution in [0.3, 0.4) is 0 Å². The van der Waals surface area contributed by atoms with Crippen LogP contribution in [0.2, 0.25) is 0 Å². The Morgan fingerprint density at radius 3 is 2.43 bits per heavy atom. The van der Waals surface area contributed by atoms with Crippen molar-refractivity contribution in [2.45, 2.75) is 17.5 Å². The molecule has 176 valence electrons. The molecule has 2 aromatic carbocycles. The molecule has 0 fully saturated rings. The van der Waals surface area contributed by atoms with Crippen LogP contribution in [0.1, 0.15) is 11.1 Å². The van der Waals surface area contributed by atoms with Crippen LogP contribution in [-0.2, 0) is 12.3 Å². The average molecular weight is 501 g/mol. The molecule has 5 aromatic rings. The van der Waals surface area contributed by atoms with Gasteiger partial charge in [0.1, 0.15) is 17.1 Å². The number of ether oxygens (including phenoxy) is 1. The summed E-state index contributed by atoms with van der Waals surface area (Å²) in [5, 5.41) is 8.30. The first-order valence-electron chi connectivity index (χ1n) is 11.2. The minimum atomic E-state index is 0.538. The van der Waals surface area contributed by atoms with Crippen LogP contribution in [0.15, 0.2) is 90.3 Å². The molecule has 9 heteroatoms. The lowest BCUT2D eigenvalue weighted by atomic mass is 10.2. The van der Waals surface area contributed by atoms with Gasteiger partial charge < -0.3 is 15.4 Å². The van der Waals surface area contributed by atoms with Crippen LogP contribution >= 0.6 is 23.1 Å². The summed E-state index contributed by atoms with van der Waals surface area (Å²) in [6.45, 7) is 1.79. The third-order valence-electron chi connectivity index (χ3n) is 5.02. The SMILES string of the molecule is c1ccc(CSc2nc(NCc3cccnc3)c3sc(NCCOc4ccccc4)nc3n2)cc1. The maximum absolute atomic E-state index is 5.77. The van der Waals surface area contributed by atoms with Gasteiger partial charge in [-0.15, -0.1) is 0 Å². The third-order valence-corrected chi connectivity index (χ3v) is 6.94. The molecule has 0 saturated carbocycles. The monoisotopic (exact) mass is 500 g/mol. The van der Waals surface area contributed by atoms with Crippen LogP contribution < -0.4 is 15.4 Å². The van der Waals surface area contributed by atoms with E-state index in [1.807, 2.05) is 66.9 Å². The topological polar surface area (TPSA) is 84.9 Å². The second-order valence-electron chi connectivity index (χ2n) is 7.60. The van der Waals surface area contributed by atoms with Crippen molar-refractivity contribution in [3.63, 3.8) is 0 Å². The summed E-state index contributed by atoms with van der Waals surface area (Å²) in [5.74, 6) is 2.42. The largest absolute Gasteiger partial charge is 0.492 e. The Morgan fingerprint density at radius 2 is 1.63 bits per heavy atom. The van der Waals surface area contributed by atoms with Crippen LogP contribution in [0.4, 0.5) is 10.9 Å². The molecular formula is C26H24N6OS2. The van der Waals surface area contributed by atoms with Gasteiger partial charge in [-0.3, -0.25) is 4.98 Å². The van der Waals surface area contributed by atoms with E-state index < -0.39 is 0 Å². The normalized spacial score (nSPS) is 10.9. The number of anilines is 2. The molecule has 0 aliphatic carbocycles. The standard InChI is InChI=1S/C26H24N6OS2/c1-3-8-19(9-4-1)18-34-26-30-23(29-17-20-10-7-13-27-16-20)22-24(32-26)31-25(35-22)28-14-15-33-21-11-5-2-6-12-21/h1-13,16H,14-15,17-18H2,(H2,28,29,30,31,32). The predicted octanol–water partition coefficient (Wildman–Crippen LogP) is 5.88. The number of fused-ring (bicyclic) bond motifs is 1. The number of hydrogen-bond donors (Lipinski definition) is 2. The highest BCUT2D eigenvalue weighted by atomic mass is 32.2. The summed E-state index contributed by atoms with van der Waals surface area (Å²) in [7, 11) is 0. The smallest absolute Gasteiger partial charge is 0.191 e. The number of para-hydroxylation sites is 1. The van der Waals surface area contributed by atoms with Gasteiger partial charge in [-0.2, -0.15) is 4.98 Å². The van der Waals surface area contributed by atoms with Crippen LogP contribution in [0.5, 0.6) is 5.75 Å². The lowest BCUT2D eigenvalue weighted by Gasteiger charge is -2.08. The Morgan fingerprint density at radius 1 is 0.829 bits per heavy atom. The molecule has 3 aromatic heterocycles. The van der Waals surface area contributed by atoms with E-state index in [0.29, 0.717) is 30.5 Å². The molecule has 0 spiro atoms. The van der Waals surface area contributed by atoms with E-state index in [-0.39, 0.29) is 0 Å². The average Bonchev–Trinajstić information content (AvgIpc) is 3.33. The highest BCUT2D eigenvalue weighted by Gasteiger charge is 2.14. The molecule has 0 bridgehead atoms. The lowest BCUT2D eigenvalue weighted by Crippen LogP contribution is -2.11. The number of nitrogens with zero attached hydrogens (tertiary/aromatic N) is 4. The molecule has 35 heavy (non-hydrogen) atoms. The van der Waals surface area contributed by atoms with E-state index in [1.165, 1.54) is 16.9 Å². The van der Waals surface area contributed by atoms with Crippen LogP contribution in [-0.4, -0.2) is 33.1 Å². The fourth-order valence-corrected chi connectivity index (χ4v) is 5.01. The zero-order chi connectivity index (χ0) is 23.7. The number of pyridine rings is 1. The Kier molecular flexibility index (Phi) is 7.67. The number of rotatable bonds is 11. The molecule has 0 amide bonds. The summed E-state index contributed by atoms with van der Waals surface area (Å²) in [6, 6.07) is 24.1. The van der Waals surface area contributed by atoms with Crippen LogP contribution in [0.25, 0.3) is 10.3 Å². The van der Waals surface area contributed by atoms with Crippen molar-refractivity contribution in [2.24, 2.45) is 0 Å². The zero-order valence-corrected chi connectivity index (χ0v) is 20.6. The van der Waals surface area contributed by atoms with Crippen LogP contribution in [0, 0.1) is 0 Å². The molecule has 7 nitrogen and oxygen atoms in total. The number of hydrogen-bond acceptors (Lipinski definition) is 9. The highest BCUT2D eigenvalue weighted by molar-refractivity contribution is 7.98. The zero-order valence-electron chi connectivity index (χ0n) is 18.9. The quantitative estimate of drug-likeness (QED) is 0.132. The number of nitrogens with one attached hydrogen (secondary N) is 2. The van der Waals surface area contributed by atoms with E-state index in [4.69, 9.17) is 19.7 Å². The van der Waals surface area contributed by atoms with Gasteiger partial charge >= 0.3 is 0 Å². The first kappa shape index (κ1) is 23.1. The van der Waals surface area contributed by atoms with E-state index in [1.54, 1.807) is 18.0 Å². The van der Waals surface area contributed by atoms with Crippen molar-refractivity contribution >= 4 is 44.4 Å². The summed E-state index contributed by atoms with van der Waals surface area (Å²) in [4.78, 5) is 18.5. The summed E-state index contributed by atoms with van der Waals surface area (Å²) < 4.78 is 6.69. The number of thioether (sulfide) groups is 1. The molecule has 0 unspecified atom stereocenters. The van der Waals surface area contributed by atoms with Gasteiger partial charge in [-0.1, -0.05) is 77.7 Å². The third kappa shape index (κ3) is 6.46. The number of aromatic nitrogens is 4. The maximum Gasteiger partial charge on any atom is 0.191 e. The molecular weight excluding hydrogens is 476 g/mol. The minimum absolute atomic E-state index is 0.538. The predicted molar refractivity (Wildman–Crippen MR) is 143 cm³/mol. The van der Waals surface area contributed by atoms with Crippen molar-refractivity contribution in [3.05, 3.63) is 96.3 Å². The first-order valence-corrected chi connectivity index (χ1v) is 13.0. The molecule has 0 atom stereocenters. The Labute approximate surface area is 212 Å². The fraction of sp³-hybridized carbons (Fsp3) is 0.154. The minimum Gasteiger partial charge on any atom is -0.492 e. The van der Waals surface area contributed by atoms with Crippen molar-refractivity contribution < 1.29 is 4.74 Å². The van der Waals surface area contributed by atoms with E-state index in [9.17, 15) is 0 Å². The second kappa shape index (κ2) is 11.6. The van der Waals surface area contributed by atoms with Gasteiger partial charge in [0.25, 0.3) is 0 Å². The molecule has 3 heterocycles. The van der Waals surface area contributed by atoms with Crippen molar-refractivity contribution in [2.75, 3.05) is 23.8 Å². The second-order valence-corrected chi connectivity index (χ2v) is 9.55. The van der Waals surface area contributed by atoms with E-state index >= 15 is 0 Å². The molecule has 0 aliphatic rings. The number of thiazole rings is 1. The maximum atomic E-state index is 5.77. The van der Waals surface area contributed by atoms with Crippen molar-refractivity contribution in [1.82, 2.24) is 19.9 Å². The van der Waals surface area contributed by atoms with Gasteiger partial charge in [0.05, 0.1) is 6.54 Å². The van der Waals surface area contributed by atoms with Gasteiger partial charge in [0.15, 0.2) is 21.8 Å². The van der Waals surface area contributed by atoms with E-state index in [2.05, 4.69) is 27.8 Å². The van der Waals surface area contributed by atoms with Crippen molar-refractivity contribution in [1.29, 1.82) is 0 Å². The molecule has 0 radical (unpaired) electrons. The molecule has 2 N–H and O–H groups in total. The van der Waals surface area contributed by atoms with Crippen molar-refractivity contribution in [3.8, 4) is 5.75 Å². The highest BCUT2D eigenvalue weighted by Crippen LogP contribution is 2.33. The number of benzene rings is 2. The molecule has 0 aliphatic heterocycles. The summed E-state index contributed by atoms with van der Waals surface area (Å²) >= 11 is 3.14. The fourth-order valence-electron chi connectivity index (χ4n) is 3.32. The lowest BCUT2D eigenvalue weighted by molar-refractivity contribution is 0.333. The molecule has 5 rings (SSSR count). The first-order chi connectivity index (χ1) is 17.3. The van der Waals surface area contributed by atoms with Gasteiger partial charge in [-0.25, -0.2) is 9.97 Å². The van der Waals surface area contributed by atoms with E-state index in [0.717, 1.165) is 32.7 Å². The van der Waals surface area contributed by atoms with Gasteiger partial charge in [0, 0.05) is 24.7 Å². The Balaban J connectivity index is 1.31.